The van der Waals surface area contributed by atoms with E-state index in [0.29, 0.717) is 6.61 Å². The molecular formula is C14H18N2O2. The molecule has 4 heteroatoms. The zero-order valence-corrected chi connectivity index (χ0v) is 10.7. The van der Waals surface area contributed by atoms with Gasteiger partial charge in [0.15, 0.2) is 0 Å². The molecule has 4 nitrogen and oxygen atoms in total. The molecule has 0 saturated carbocycles. The number of benzene rings is 1. The second kappa shape index (κ2) is 5.69. The highest BCUT2D eigenvalue weighted by molar-refractivity contribution is 5.34. The normalized spacial score (nSPS) is 12.4. The van der Waals surface area contributed by atoms with Gasteiger partial charge in [0, 0.05) is 18.0 Å². The lowest BCUT2D eigenvalue weighted by Crippen LogP contribution is -2.10. The first-order valence-corrected chi connectivity index (χ1v) is 6.06. The summed E-state index contributed by atoms with van der Waals surface area (Å²) in [6.07, 6.45) is 3.19. The van der Waals surface area contributed by atoms with Gasteiger partial charge in [-0.3, -0.25) is 0 Å². The summed E-state index contributed by atoms with van der Waals surface area (Å²) in [7, 11) is 0. The zero-order valence-electron chi connectivity index (χ0n) is 10.7. The number of para-hydroxylation sites is 1. The largest absolute Gasteiger partial charge is 0.491 e. The molecular weight excluding hydrogens is 228 g/mol. The number of ether oxygens (including phenoxy) is 1. The number of aliphatic hydroxyl groups is 1. The molecule has 1 aromatic carbocycles. The maximum Gasteiger partial charge on any atom is 0.125 e. The van der Waals surface area contributed by atoms with E-state index in [-0.39, 0.29) is 0 Å². The van der Waals surface area contributed by atoms with Crippen molar-refractivity contribution in [2.45, 2.75) is 26.5 Å². The molecule has 0 aliphatic heterocycles. The topological polar surface area (TPSA) is 47.3 Å². The van der Waals surface area contributed by atoms with Crippen LogP contribution < -0.4 is 4.74 Å². The molecule has 2 rings (SSSR count). The molecule has 1 aromatic heterocycles. The van der Waals surface area contributed by atoms with Gasteiger partial charge in [0.05, 0.1) is 12.6 Å². The summed E-state index contributed by atoms with van der Waals surface area (Å²) >= 11 is 0. The molecule has 0 bridgehead atoms. The Balaban J connectivity index is 1.96. The second-order valence-corrected chi connectivity index (χ2v) is 4.23. The minimum absolute atomic E-state index is 0.517. The zero-order chi connectivity index (χ0) is 13.0. The molecule has 0 aliphatic rings. The first kappa shape index (κ1) is 12.6. The van der Waals surface area contributed by atoms with Gasteiger partial charge < -0.3 is 14.4 Å². The van der Waals surface area contributed by atoms with Crippen molar-refractivity contribution >= 4 is 0 Å². The van der Waals surface area contributed by atoms with Crippen molar-refractivity contribution in [2.75, 3.05) is 6.61 Å². The number of aliphatic hydroxyl groups excluding tert-OH is 1. The van der Waals surface area contributed by atoms with Gasteiger partial charge in [-0.1, -0.05) is 18.2 Å². The van der Waals surface area contributed by atoms with Crippen LogP contribution in [0.25, 0.3) is 0 Å². The number of imidazole rings is 1. The fraction of sp³-hybridized carbons (Fsp3) is 0.357. The molecule has 0 spiro atoms. The highest BCUT2D eigenvalue weighted by atomic mass is 16.5. The van der Waals surface area contributed by atoms with E-state index >= 15 is 0 Å². The van der Waals surface area contributed by atoms with Gasteiger partial charge in [-0.2, -0.15) is 0 Å². The van der Waals surface area contributed by atoms with Crippen LogP contribution >= 0.6 is 0 Å². The molecule has 2 aromatic rings. The van der Waals surface area contributed by atoms with Crippen molar-refractivity contribution < 1.29 is 9.84 Å². The minimum atomic E-state index is -0.517. The van der Waals surface area contributed by atoms with Gasteiger partial charge >= 0.3 is 0 Å². The van der Waals surface area contributed by atoms with Crippen LogP contribution in [0, 0.1) is 6.92 Å². The van der Waals surface area contributed by atoms with E-state index in [2.05, 4.69) is 4.98 Å². The molecule has 1 heterocycles. The molecule has 0 saturated heterocycles. The van der Waals surface area contributed by atoms with Crippen molar-refractivity contribution in [3.05, 3.63) is 48.0 Å². The lowest BCUT2D eigenvalue weighted by Gasteiger charge is -2.13. The first-order chi connectivity index (χ1) is 8.68. The number of aromatic nitrogens is 2. The fourth-order valence-corrected chi connectivity index (χ4v) is 1.85. The number of hydrogen-bond acceptors (Lipinski definition) is 3. The molecule has 0 unspecified atom stereocenters. The summed E-state index contributed by atoms with van der Waals surface area (Å²) in [5, 5.41) is 9.64. The van der Waals surface area contributed by atoms with Crippen LogP contribution in [0.5, 0.6) is 5.75 Å². The Bertz CT molecular complexity index is 506. The van der Waals surface area contributed by atoms with Gasteiger partial charge in [-0.05, 0) is 19.9 Å². The van der Waals surface area contributed by atoms with Crippen LogP contribution in [0.4, 0.5) is 0 Å². The molecule has 0 fully saturated rings. The molecule has 0 aliphatic carbocycles. The van der Waals surface area contributed by atoms with Gasteiger partial charge in [-0.15, -0.1) is 0 Å². The molecule has 0 radical (unpaired) electrons. The number of rotatable bonds is 5. The lowest BCUT2D eigenvalue weighted by molar-refractivity contribution is 0.190. The average Bonchev–Trinajstić information content (AvgIpc) is 2.76. The third-order valence-electron chi connectivity index (χ3n) is 2.88. The van der Waals surface area contributed by atoms with E-state index in [1.807, 2.05) is 42.0 Å². The van der Waals surface area contributed by atoms with Crippen LogP contribution in [0.2, 0.25) is 0 Å². The third-order valence-corrected chi connectivity index (χ3v) is 2.88. The Morgan fingerprint density at radius 1 is 1.39 bits per heavy atom. The van der Waals surface area contributed by atoms with Crippen molar-refractivity contribution in [3.8, 4) is 5.75 Å². The second-order valence-electron chi connectivity index (χ2n) is 4.23. The molecule has 1 N–H and O–H groups in total. The molecule has 18 heavy (non-hydrogen) atoms. The van der Waals surface area contributed by atoms with Crippen LogP contribution in [0.15, 0.2) is 36.7 Å². The van der Waals surface area contributed by atoms with Crippen LogP contribution in [0.1, 0.15) is 24.4 Å². The maximum absolute atomic E-state index is 9.64. The van der Waals surface area contributed by atoms with Crippen LogP contribution in [0.3, 0.4) is 0 Å². The quantitative estimate of drug-likeness (QED) is 0.880. The van der Waals surface area contributed by atoms with E-state index in [0.717, 1.165) is 23.7 Å². The predicted octanol–water partition coefficient (Wildman–Crippen LogP) is 2.32. The van der Waals surface area contributed by atoms with E-state index < -0.39 is 6.10 Å². The summed E-state index contributed by atoms with van der Waals surface area (Å²) in [5.41, 5.74) is 0.819. The van der Waals surface area contributed by atoms with E-state index in [1.165, 1.54) is 0 Å². The Kier molecular flexibility index (Phi) is 3.99. The maximum atomic E-state index is 9.64. The summed E-state index contributed by atoms with van der Waals surface area (Å²) in [6, 6.07) is 7.56. The Morgan fingerprint density at radius 3 is 2.83 bits per heavy atom. The third kappa shape index (κ3) is 2.90. The van der Waals surface area contributed by atoms with Crippen molar-refractivity contribution in [1.29, 1.82) is 0 Å². The summed E-state index contributed by atoms with van der Waals surface area (Å²) in [4.78, 5) is 4.16. The highest BCUT2D eigenvalue weighted by Crippen LogP contribution is 2.24. The van der Waals surface area contributed by atoms with Crippen LogP contribution in [-0.2, 0) is 6.54 Å². The smallest absolute Gasteiger partial charge is 0.125 e. The fourth-order valence-electron chi connectivity index (χ4n) is 1.85. The van der Waals surface area contributed by atoms with Crippen LogP contribution in [-0.4, -0.2) is 21.3 Å². The minimum Gasteiger partial charge on any atom is -0.491 e. The first-order valence-electron chi connectivity index (χ1n) is 6.06. The standard InChI is InChI=1S/C14H18N2O2/c1-11(17)13-5-3-4-6-14(13)18-10-9-16-8-7-15-12(16)2/h3-8,11,17H,9-10H2,1-2H3/t11-/m0/s1. The van der Waals surface area contributed by atoms with E-state index in [4.69, 9.17) is 4.74 Å². The molecule has 0 amide bonds. The SMILES string of the molecule is Cc1nccn1CCOc1ccccc1[C@H](C)O. The summed E-state index contributed by atoms with van der Waals surface area (Å²) < 4.78 is 7.75. The number of hydrogen-bond donors (Lipinski definition) is 1. The average molecular weight is 246 g/mol. The van der Waals surface area contributed by atoms with Gasteiger partial charge in [0.25, 0.3) is 0 Å². The Morgan fingerprint density at radius 2 is 2.17 bits per heavy atom. The van der Waals surface area contributed by atoms with Gasteiger partial charge in [0.2, 0.25) is 0 Å². The van der Waals surface area contributed by atoms with Gasteiger partial charge in [-0.25, -0.2) is 4.98 Å². The van der Waals surface area contributed by atoms with Crippen molar-refractivity contribution in [3.63, 3.8) is 0 Å². The Hall–Kier alpha value is -1.81. The predicted molar refractivity (Wildman–Crippen MR) is 69.5 cm³/mol. The lowest BCUT2D eigenvalue weighted by atomic mass is 10.1. The van der Waals surface area contributed by atoms with Crippen molar-refractivity contribution in [2.24, 2.45) is 0 Å². The molecule has 1 atom stereocenters. The Labute approximate surface area is 107 Å². The van der Waals surface area contributed by atoms with E-state index in [1.54, 1.807) is 13.1 Å². The number of nitrogens with zero attached hydrogens (tertiary/aromatic N) is 2. The van der Waals surface area contributed by atoms with E-state index in [9.17, 15) is 5.11 Å². The highest BCUT2D eigenvalue weighted by Gasteiger charge is 2.07. The summed E-state index contributed by atoms with van der Waals surface area (Å²) in [5.74, 6) is 1.72. The number of aryl methyl sites for hydroxylation is 1. The monoisotopic (exact) mass is 246 g/mol. The van der Waals surface area contributed by atoms with Crippen molar-refractivity contribution in [1.82, 2.24) is 9.55 Å². The summed E-state index contributed by atoms with van der Waals surface area (Å²) in [6.45, 7) is 5.01. The van der Waals surface area contributed by atoms with Gasteiger partial charge in [0.1, 0.15) is 18.2 Å². The molecule has 96 valence electrons.